The zero-order valence-corrected chi connectivity index (χ0v) is 20.8. The summed E-state index contributed by atoms with van der Waals surface area (Å²) < 4.78 is 2.60. The van der Waals surface area contributed by atoms with Gasteiger partial charge >= 0.3 is 20.4 Å². The van der Waals surface area contributed by atoms with Gasteiger partial charge in [-0.25, -0.2) is 9.97 Å². The molecule has 0 aliphatic heterocycles. The molecular formula is C20H22Cl2N2PdS2. The van der Waals surface area contributed by atoms with Gasteiger partial charge in [-0.05, 0) is 88.1 Å². The van der Waals surface area contributed by atoms with E-state index < -0.39 is 0 Å². The van der Waals surface area contributed by atoms with Crippen molar-refractivity contribution in [3.8, 4) is 0 Å². The number of aryl methyl sites for hydroxylation is 6. The van der Waals surface area contributed by atoms with Crippen LogP contribution in [-0.4, -0.2) is 9.97 Å². The topological polar surface area (TPSA) is 25.8 Å². The fourth-order valence-corrected chi connectivity index (χ4v) is 4.40. The molecule has 2 aromatic carbocycles. The third-order valence-electron chi connectivity index (χ3n) is 4.22. The summed E-state index contributed by atoms with van der Waals surface area (Å²) in [5.74, 6) is 0. The van der Waals surface area contributed by atoms with Gasteiger partial charge in [0, 0.05) is 0 Å². The SMILES string of the molecule is Cc1nc2cc(C)c(C)cc2s1.Cc1nc2cc(C)c(C)cc2s1.[Cl-].[Cl-].[Pd+2]. The number of hydrogen-bond acceptors (Lipinski definition) is 4. The van der Waals surface area contributed by atoms with Crippen LogP contribution in [0.1, 0.15) is 32.3 Å². The molecule has 4 rings (SSSR count). The van der Waals surface area contributed by atoms with Crippen molar-refractivity contribution in [2.45, 2.75) is 41.5 Å². The van der Waals surface area contributed by atoms with E-state index in [4.69, 9.17) is 0 Å². The van der Waals surface area contributed by atoms with Crippen molar-refractivity contribution in [1.29, 1.82) is 0 Å². The van der Waals surface area contributed by atoms with E-state index in [2.05, 4.69) is 75.8 Å². The fourth-order valence-electron chi connectivity index (χ4n) is 2.59. The van der Waals surface area contributed by atoms with Gasteiger partial charge in [0.05, 0.1) is 30.4 Å². The van der Waals surface area contributed by atoms with Gasteiger partial charge in [-0.2, -0.15) is 0 Å². The molecule has 0 radical (unpaired) electrons. The second-order valence-electron chi connectivity index (χ2n) is 6.27. The molecule has 0 atom stereocenters. The molecule has 0 spiro atoms. The summed E-state index contributed by atoms with van der Waals surface area (Å²) in [7, 11) is 0. The van der Waals surface area contributed by atoms with Crippen LogP contribution in [0.3, 0.4) is 0 Å². The monoisotopic (exact) mass is 530 g/mol. The second-order valence-corrected chi connectivity index (χ2v) is 8.74. The molecule has 2 heterocycles. The van der Waals surface area contributed by atoms with Crippen LogP contribution in [0.25, 0.3) is 20.4 Å². The average molecular weight is 532 g/mol. The van der Waals surface area contributed by atoms with Crippen LogP contribution < -0.4 is 24.8 Å². The molecule has 0 N–H and O–H groups in total. The molecule has 0 aliphatic rings. The van der Waals surface area contributed by atoms with E-state index in [1.54, 1.807) is 22.7 Å². The zero-order chi connectivity index (χ0) is 17.4. The van der Waals surface area contributed by atoms with Crippen LogP contribution >= 0.6 is 22.7 Å². The van der Waals surface area contributed by atoms with E-state index in [1.807, 2.05) is 0 Å². The minimum atomic E-state index is 0. The maximum Gasteiger partial charge on any atom is 2.00 e. The number of thiazole rings is 2. The Labute approximate surface area is 195 Å². The summed E-state index contributed by atoms with van der Waals surface area (Å²) in [6.45, 7) is 12.6. The number of fused-ring (bicyclic) bond motifs is 2. The van der Waals surface area contributed by atoms with E-state index in [9.17, 15) is 0 Å². The Hall–Kier alpha value is -0.538. The van der Waals surface area contributed by atoms with E-state index in [-0.39, 0.29) is 45.2 Å². The van der Waals surface area contributed by atoms with Gasteiger partial charge in [-0.15, -0.1) is 22.7 Å². The van der Waals surface area contributed by atoms with Crippen molar-refractivity contribution in [2.24, 2.45) is 0 Å². The number of halogens is 2. The summed E-state index contributed by atoms with van der Waals surface area (Å²) in [4.78, 5) is 8.87. The van der Waals surface area contributed by atoms with Gasteiger partial charge in [0.1, 0.15) is 0 Å². The average Bonchev–Trinajstić information content (AvgIpc) is 3.01. The maximum absolute atomic E-state index is 4.43. The minimum Gasteiger partial charge on any atom is -1.00 e. The van der Waals surface area contributed by atoms with Crippen LogP contribution in [-0.2, 0) is 20.4 Å². The summed E-state index contributed by atoms with van der Waals surface area (Å²) in [6, 6.07) is 8.76. The van der Waals surface area contributed by atoms with Crippen molar-refractivity contribution in [1.82, 2.24) is 9.97 Å². The largest absolute Gasteiger partial charge is 2.00 e. The minimum absolute atomic E-state index is 0. The van der Waals surface area contributed by atoms with Crippen molar-refractivity contribution < 1.29 is 45.2 Å². The first-order valence-electron chi connectivity index (χ1n) is 8.02. The van der Waals surface area contributed by atoms with Gasteiger partial charge < -0.3 is 24.8 Å². The van der Waals surface area contributed by atoms with Crippen molar-refractivity contribution in [2.75, 3.05) is 0 Å². The molecule has 0 aliphatic carbocycles. The molecule has 4 aromatic rings. The number of nitrogens with zero attached hydrogens (tertiary/aromatic N) is 2. The van der Waals surface area contributed by atoms with Crippen molar-refractivity contribution >= 4 is 43.1 Å². The molecule has 0 unspecified atom stereocenters. The third kappa shape index (κ3) is 6.22. The molecule has 0 fully saturated rings. The van der Waals surface area contributed by atoms with E-state index in [0.29, 0.717) is 0 Å². The van der Waals surface area contributed by atoms with Crippen LogP contribution in [0.4, 0.5) is 0 Å². The standard InChI is InChI=1S/2C10H11NS.2ClH.Pd/c2*1-6-4-9-10(5-7(6)2)12-8(3)11-9;;;/h2*4-5H,1-3H3;2*1H;/q;;;;+2/p-2. The molecule has 2 nitrogen and oxygen atoms in total. The first-order chi connectivity index (χ1) is 11.3. The Kier molecular flexibility index (Phi) is 10.6. The zero-order valence-electron chi connectivity index (χ0n) is 16.1. The van der Waals surface area contributed by atoms with Gasteiger partial charge in [0.25, 0.3) is 0 Å². The van der Waals surface area contributed by atoms with Crippen molar-refractivity contribution in [3.63, 3.8) is 0 Å². The Morgan fingerprint density at radius 2 is 0.852 bits per heavy atom. The van der Waals surface area contributed by atoms with Crippen LogP contribution in [0.2, 0.25) is 0 Å². The molecule has 0 saturated carbocycles. The quantitative estimate of drug-likeness (QED) is 0.308. The van der Waals surface area contributed by atoms with Crippen LogP contribution in [0.15, 0.2) is 24.3 Å². The molecule has 0 amide bonds. The Bertz CT molecular complexity index is 879. The molecule has 7 heteroatoms. The van der Waals surface area contributed by atoms with E-state index in [0.717, 1.165) is 21.0 Å². The van der Waals surface area contributed by atoms with Gasteiger partial charge in [-0.1, -0.05) is 0 Å². The van der Waals surface area contributed by atoms with Crippen LogP contribution in [0, 0.1) is 41.5 Å². The third-order valence-corrected chi connectivity index (χ3v) is 6.09. The molecule has 0 bridgehead atoms. The summed E-state index contributed by atoms with van der Waals surface area (Å²) in [6.07, 6.45) is 0. The van der Waals surface area contributed by atoms with E-state index in [1.165, 1.54) is 31.7 Å². The van der Waals surface area contributed by atoms with E-state index >= 15 is 0 Å². The Morgan fingerprint density at radius 3 is 1.19 bits per heavy atom. The molecular weight excluding hydrogens is 510 g/mol. The molecule has 27 heavy (non-hydrogen) atoms. The smallest absolute Gasteiger partial charge is 1.00 e. The fraction of sp³-hybridized carbons (Fsp3) is 0.300. The number of rotatable bonds is 0. The van der Waals surface area contributed by atoms with Gasteiger partial charge in [0.2, 0.25) is 0 Å². The second kappa shape index (κ2) is 10.9. The van der Waals surface area contributed by atoms with Crippen LogP contribution in [0.5, 0.6) is 0 Å². The number of benzene rings is 2. The normalized spacial score (nSPS) is 9.70. The van der Waals surface area contributed by atoms with Gasteiger partial charge in [-0.3, -0.25) is 0 Å². The maximum atomic E-state index is 4.43. The molecule has 2 aromatic heterocycles. The number of aromatic nitrogens is 2. The predicted molar refractivity (Wildman–Crippen MR) is 108 cm³/mol. The molecule has 148 valence electrons. The predicted octanol–water partition coefficient (Wildman–Crippen LogP) is 0.449. The van der Waals surface area contributed by atoms with Crippen molar-refractivity contribution in [3.05, 3.63) is 56.5 Å². The summed E-state index contributed by atoms with van der Waals surface area (Å²) in [5.41, 5.74) is 7.64. The Balaban J connectivity index is 0.000000451. The van der Waals surface area contributed by atoms with Gasteiger partial charge in [0.15, 0.2) is 0 Å². The molecule has 0 saturated heterocycles. The first kappa shape index (κ1) is 26.5. The summed E-state index contributed by atoms with van der Waals surface area (Å²) in [5, 5.41) is 2.30. The Morgan fingerprint density at radius 1 is 0.556 bits per heavy atom. The summed E-state index contributed by atoms with van der Waals surface area (Å²) >= 11 is 3.53. The first-order valence-corrected chi connectivity index (χ1v) is 9.65. The number of hydrogen-bond donors (Lipinski definition) is 0.